The molecule has 0 N–H and O–H groups in total. The number of ether oxygens (including phenoxy) is 2. The Hall–Kier alpha value is -1.23. The van der Waals surface area contributed by atoms with E-state index in [9.17, 15) is 14.4 Å². The number of Topliss-reactive ketones (excluding diaryl/α,β-unsaturated/α-hetero) is 2. The number of rotatable bonds is 13. The highest BCUT2D eigenvalue weighted by molar-refractivity contribution is 5.95. The maximum Gasteiger partial charge on any atom is 0.313 e. The van der Waals surface area contributed by atoms with Crippen LogP contribution in [0.1, 0.15) is 99.3 Å². The van der Waals surface area contributed by atoms with Gasteiger partial charge in [-0.1, -0.05) is 54.4 Å². The second-order valence-corrected chi connectivity index (χ2v) is 6.03. The van der Waals surface area contributed by atoms with Gasteiger partial charge in [-0.3, -0.25) is 14.4 Å². The van der Waals surface area contributed by atoms with Crippen LogP contribution in [-0.2, 0) is 23.9 Å². The number of carbonyl (C=O) groups is 3. The van der Waals surface area contributed by atoms with Crippen molar-refractivity contribution < 1.29 is 23.9 Å². The Bertz CT molecular complexity index is 324. The van der Waals surface area contributed by atoms with Crippen LogP contribution in [0.3, 0.4) is 0 Å². The van der Waals surface area contributed by atoms with Crippen LogP contribution in [0.4, 0.5) is 0 Å². The van der Waals surface area contributed by atoms with E-state index in [0.29, 0.717) is 32.7 Å². The topological polar surface area (TPSA) is 69.7 Å². The summed E-state index contributed by atoms with van der Waals surface area (Å²) in [7, 11) is 0. The molecule has 0 bridgehead atoms. The second kappa shape index (κ2) is 26.0. The molecule has 5 nitrogen and oxygen atoms in total. The van der Waals surface area contributed by atoms with Crippen molar-refractivity contribution in [3.8, 4) is 0 Å². The Kier molecular flexibility index (Phi) is 29.5. The van der Waals surface area contributed by atoms with Crippen LogP contribution >= 0.6 is 0 Å². The predicted octanol–water partition coefficient (Wildman–Crippen LogP) is 5.29. The lowest BCUT2D eigenvalue weighted by molar-refractivity contribution is -0.146. The summed E-state index contributed by atoms with van der Waals surface area (Å²) in [6, 6.07) is 0. The highest BCUT2D eigenvalue weighted by Gasteiger charge is 2.08. The average molecular weight is 375 g/mol. The van der Waals surface area contributed by atoms with Gasteiger partial charge in [-0.05, 0) is 25.7 Å². The van der Waals surface area contributed by atoms with Crippen LogP contribution in [0.25, 0.3) is 0 Å². The molecule has 0 fully saturated rings. The summed E-state index contributed by atoms with van der Waals surface area (Å²) in [5, 5.41) is 0. The van der Waals surface area contributed by atoms with Crippen molar-refractivity contribution in [1.29, 1.82) is 0 Å². The van der Waals surface area contributed by atoms with Crippen molar-refractivity contribution in [2.24, 2.45) is 0 Å². The molecule has 5 heteroatoms. The lowest BCUT2D eigenvalue weighted by atomic mass is 10.2. The van der Waals surface area contributed by atoms with Gasteiger partial charge in [0.05, 0.1) is 6.61 Å². The van der Waals surface area contributed by atoms with Gasteiger partial charge in [-0.15, -0.1) is 0 Å². The maximum absolute atomic E-state index is 10.9. The first kappa shape index (κ1) is 29.5. The highest BCUT2D eigenvalue weighted by Crippen LogP contribution is 1.96. The lowest BCUT2D eigenvalue weighted by Crippen LogP contribution is -2.11. The molecule has 0 spiro atoms. The van der Waals surface area contributed by atoms with E-state index in [2.05, 4.69) is 13.8 Å². The van der Waals surface area contributed by atoms with Crippen molar-refractivity contribution in [3.63, 3.8) is 0 Å². The first-order valence-electron chi connectivity index (χ1n) is 10.2. The zero-order chi connectivity index (χ0) is 20.6. The monoisotopic (exact) mass is 374 g/mol. The minimum atomic E-state index is -0.393. The van der Waals surface area contributed by atoms with E-state index in [1.54, 1.807) is 0 Å². The third-order valence-corrected chi connectivity index (χ3v) is 2.98. The molecule has 0 aliphatic rings. The largest absolute Gasteiger partial charge is 0.465 e. The standard InChI is InChI=1S/C9H16O3.C8H16O2.C4H10/c1-3-5-8(10)7-9(11)12-6-4-2;1-3-5-8(9)7-10-6-4-2;1-3-4-2/h3-7H2,1-2H3;3-7H2,1-2H3;3-4H2,1-2H3. The summed E-state index contributed by atoms with van der Waals surface area (Å²) in [6.45, 7) is 13.6. The Balaban J connectivity index is -0.000000341. The molecule has 0 aromatic carbocycles. The quantitative estimate of drug-likeness (QED) is 0.249. The van der Waals surface area contributed by atoms with Gasteiger partial charge in [0, 0.05) is 19.4 Å². The summed E-state index contributed by atoms with van der Waals surface area (Å²) in [6.07, 6.45) is 7.21. The SMILES string of the molecule is CCCC.CCCOC(=O)CC(=O)CCC.CCCOCC(=O)CCC. The summed E-state index contributed by atoms with van der Waals surface area (Å²) >= 11 is 0. The molecule has 156 valence electrons. The lowest BCUT2D eigenvalue weighted by Gasteiger charge is -2.00. The molecular formula is C21H42O5. The molecule has 0 aliphatic heterocycles. The summed E-state index contributed by atoms with van der Waals surface area (Å²) in [5.74, 6) is -0.204. The van der Waals surface area contributed by atoms with Gasteiger partial charge < -0.3 is 9.47 Å². The van der Waals surface area contributed by atoms with Crippen LogP contribution in [0.5, 0.6) is 0 Å². The fourth-order valence-corrected chi connectivity index (χ4v) is 1.48. The Labute approximate surface area is 161 Å². The number of hydrogen-bond acceptors (Lipinski definition) is 5. The van der Waals surface area contributed by atoms with Gasteiger partial charge in [0.25, 0.3) is 0 Å². The van der Waals surface area contributed by atoms with Crippen molar-refractivity contribution in [3.05, 3.63) is 0 Å². The van der Waals surface area contributed by atoms with E-state index in [-0.39, 0.29) is 18.0 Å². The molecule has 0 aromatic rings. The smallest absolute Gasteiger partial charge is 0.313 e. The fourth-order valence-electron chi connectivity index (χ4n) is 1.48. The highest BCUT2D eigenvalue weighted by atomic mass is 16.5. The van der Waals surface area contributed by atoms with Crippen LogP contribution in [0.15, 0.2) is 0 Å². The molecule has 0 amide bonds. The zero-order valence-corrected chi connectivity index (χ0v) is 18.0. The van der Waals surface area contributed by atoms with E-state index in [1.165, 1.54) is 12.8 Å². The van der Waals surface area contributed by atoms with E-state index in [1.807, 2.05) is 27.7 Å². The van der Waals surface area contributed by atoms with Gasteiger partial charge in [0.15, 0.2) is 5.78 Å². The first-order valence-corrected chi connectivity index (χ1v) is 10.2. The second-order valence-electron chi connectivity index (χ2n) is 6.03. The Morgan fingerprint density at radius 1 is 0.615 bits per heavy atom. The zero-order valence-electron chi connectivity index (χ0n) is 18.0. The van der Waals surface area contributed by atoms with E-state index < -0.39 is 5.97 Å². The predicted molar refractivity (Wildman–Crippen MR) is 107 cm³/mol. The summed E-state index contributed by atoms with van der Waals surface area (Å²) in [5.41, 5.74) is 0. The molecule has 0 unspecified atom stereocenters. The van der Waals surface area contributed by atoms with E-state index in [0.717, 1.165) is 25.7 Å². The van der Waals surface area contributed by atoms with Crippen molar-refractivity contribution in [2.45, 2.75) is 99.3 Å². The minimum absolute atomic E-state index is 0.0291. The number of carbonyl (C=O) groups excluding carboxylic acids is 3. The Morgan fingerprint density at radius 2 is 1.12 bits per heavy atom. The number of ketones is 2. The molecule has 0 aromatic heterocycles. The molecular weight excluding hydrogens is 332 g/mol. The first-order chi connectivity index (χ1) is 12.4. The minimum Gasteiger partial charge on any atom is -0.465 e. The Morgan fingerprint density at radius 3 is 1.54 bits per heavy atom. The molecule has 0 aliphatic carbocycles. The summed E-state index contributed by atoms with van der Waals surface area (Å²) in [4.78, 5) is 32.6. The average Bonchev–Trinajstić information content (AvgIpc) is 2.61. The van der Waals surface area contributed by atoms with Gasteiger partial charge >= 0.3 is 5.97 Å². The number of hydrogen-bond donors (Lipinski definition) is 0. The van der Waals surface area contributed by atoms with Crippen LogP contribution in [-0.4, -0.2) is 37.4 Å². The molecule has 0 atom stereocenters. The molecule has 0 radical (unpaired) electrons. The van der Waals surface area contributed by atoms with Gasteiger partial charge in [-0.25, -0.2) is 0 Å². The van der Waals surface area contributed by atoms with Crippen molar-refractivity contribution in [2.75, 3.05) is 19.8 Å². The van der Waals surface area contributed by atoms with E-state index in [4.69, 9.17) is 9.47 Å². The van der Waals surface area contributed by atoms with E-state index >= 15 is 0 Å². The molecule has 0 rings (SSSR count). The fraction of sp³-hybridized carbons (Fsp3) is 0.857. The van der Waals surface area contributed by atoms with Gasteiger partial charge in [-0.2, -0.15) is 0 Å². The van der Waals surface area contributed by atoms with Crippen molar-refractivity contribution >= 4 is 17.5 Å². The molecule has 26 heavy (non-hydrogen) atoms. The third kappa shape index (κ3) is 30.6. The van der Waals surface area contributed by atoms with Crippen LogP contribution < -0.4 is 0 Å². The van der Waals surface area contributed by atoms with Gasteiger partial charge in [0.2, 0.25) is 0 Å². The molecule has 0 heterocycles. The molecule has 0 saturated heterocycles. The van der Waals surface area contributed by atoms with Crippen LogP contribution in [0.2, 0.25) is 0 Å². The van der Waals surface area contributed by atoms with Gasteiger partial charge in [0.1, 0.15) is 18.8 Å². The maximum atomic E-state index is 10.9. The summed E-state index contributed by atoms with van der Waals surface area (Å²) < 4.78 is 9.80. The third-order valence-electron chi connectivity index (χ3n) is 2.98. The number of esters is 1. The normalized spacial score (nSPS) is 9.31. The molecule has 0 saturated carbocycles. The van der Waals surface area contributed by atoms with Crippen molar-refractivity contribution in [1.82, 2.24) is 0 Å². The number of unbranched alkanes of at least 4 members (excludes halogenated alkanes) is 1. The van der Waals surface area contributed by atoms with Crippen LogP contribution in [0, 0.1) is 0 Å².